The number of anilines is 1. The lowest BCUT2D eigenvalue weighted by atomic mass is 10.0. The molecule has 0 radical (unpaired) electrons. The molecular weight excluding hydrogens is 648 g/mol. The Bertz CT molecular complexity index is 1550. The highest BCUT2D eigenvalue weighted by Gasteiger charge is 2.32. The fraction of sp³-hybridized carbons (Fsp3) is 0.387. The number of nitro benzene ring substituents is 1. The Morgan fingerprint density at radius 2 is 1.33 bits per heavy atom. The van der Waals surface area contributed by atoms with Crippen molar-refractivity contribution in [2.45, 2.75) is 70.6 Å². The normalized spacial score (nSPS) is 13.1. The molecule has 0 fully saturated rings. The van der Waals surface area contributed by atoms with Crippen LogP contribution in [0.15, 0.2) is 48.5 Å². The number of nitro groups is 1. The van der Waals surface area contributed by atoms with Crippen molar-refractivity contribution in [3.05, 3.63) is 64.2 Å². The number of carboxylic acids is 2. The van der Waals surface area contributed by atoms with Crippen LogP contribution in [0.5, 0.6) is 5.75 Å². The zero-order chi connectivity index (χ0) is 36.8. The van der Waals surface area contributed by atoms with Gasteiger partial charge < -0.3 is 41.9 Å². The minimum Gasteiger partial charge on any atom is -0.508 e. The zero-order valence-corrected chi connectivity index (χ0v) is 26.8. The molecule has 0 spiro atoms. The number of carboxylic acid groups (broad SMARTS) is 2. The Morgan fingerprint density at radius 3 is 1.86 bits per heavy atom. The summed E-state index contributed by atoms with van der Waals surface area (Å²) < 4.78 is 0. The first-order chi connectivity index (χ1) is 23.0. The van der Waals surface area contributed by atoms with Gasteiger partial charge in [0.1, 0.15) is 29.9 Å². The highest BCUT2D eigenvalue weighted by atomic mass is 16.6. The first-order valence-corrected chi connectivity index (χ1v) is 14.9. The molecule has 18 nitrogen and oxygen atoms in total. The molecule has 0 aromatic heterocycles. The van der Waals surface area contributed by atoms with Gasteiger partial charge in [-0.1, -0.05) is 26.0 Å². The van der Waals surface area contributed by atoms with Gasteiger partial charge in [0.05, 0.1) is 17.8 Å². The van der Waals surface area contributed by atoms with Gasteiger partial charge in [0.25, 0.3) is 5.69 Å². The Hall–Kier alpha value is -6.07. The van der Waals surface area contributed by atoms with Crippen molar-refractivity contribution in [3.63, 3.8) is 0 Å². The number of hydrogen-bond donors (Lipinski definition) is 8. The number of hydrogen-bond acceptors (Lipinski definition) is 10. The number of nitrogens with one attached hydrogen (secondary N) is 5. The van der Waals surface area contributed by atoms with Crippen molar-refractivity contribution < 1.29 is 53.8 Å². The number of nitrogens with zero attached hydrogens (tertiary/aromatic N) is 1. The third-order valence-corrected chi connectivity index (χ3v) is 6.95. The van der Waals surface area contributed by atoms with E-state index in [0.717, 1.165) is 12.1 Å². The second-order valence-electron chi connectivity index (χ2n) is 11.3. The number of non-ortho nitro benzene ring substituents is 1. The van der Waals surface area contributed by atoms with Crippen LogP contribution in [-0.2, 0) is 40.0 Å². The molecular formula is C31H38N6O12. The Morgan fingerprint density at radius 1 is 0.714 bits per heavy atom. The van der Waals surface area contributed by atoms with Crippen molar-refractivity contribution in [1.29, 1.82) is 0 Å². The second-order valence-corrected chi connectivity index (χ2v) is 11.3. The number of aliphatic carboxylic acids is 2. The fourth-order valence-electron chi connectivity index (χ4n) is 4.30. The number of phenolic OH excluding ortho intramolecular Hbond substituents is 1. The van der Waals surface area contributed by atoms with Crippen LogP contribution in [0.1, 0.15) is 45.6 Å². The van der Waals surface area contributed by atoms with Gasteiger partial charge in [-0.15, -0.1) is 0 Å². The average Bonchev–Trinajstić information content (AvgIpc) is 3.02. The molecule has 49 heavy (non-hydrogen) atoms. The molecule has 18 heteroatoms. The zero-order valence-electron chi connectivity index (χ0n) is 26.8. The molecule has 4 unspecified atom stereocenters. The summed E-state index contributed by atoms with van der Waals surface area (Å²) >= 11 is 0. The summed E-state index contributed by atoms with van der Waals surface area (Å²) in [6, 6.07) is 4.98. The van der Waals surface area contributed by atoms with Crippen molar-refractivity contribution in [1.82, 2.24) is 21.3 Å². The molecule has 0 bridgehead atoms. The number of benzene rings is 2. The predicted molar refractivity (Wildman–Crippen MR) is 171 cm³/mol. The maximum atomic E-state index is 13.4. The number of aromatic hydroxyl groups is 1. The highest BCUT2D eigenvalue weighted by Crippen LogP contribution is 2.16. The molecule has 5 amide bonds. The molecule has 2 aromatic carbocycles. The summed E-state index contributed by atoms with van der Waals surface area (Å²) in [6.07, 6.45) is -1.81. The van der Waals surface area contributed by atoms with E-state index < -0.39 is 95.7 Å². The van der Waals surface area contributed by atoms with Crippen LogP contribution >= 0.6 is 0 Å². The van der Waals surface area contributed by atoms with E-state index in [-0.39, 0.29) is 23.5 Å². The molecule has 0 aliphatic carbocycles. The largest absolute Gasteiger partial charge is 0.508 e. The Labute approximate surface area is 279 Å². The third kappa shape index (κ3) is 13.3. The van der Waals surface area contributed by atoms with Crippen LogP contribution in [0, 0.1) is 16.0 Å². The maximum Gasteiger partial charge on any atom is 0.305 e. The fourth-order valence-corrected chi connectivity index (χ4v) is 4.30. The van der Waals surface area contributed by atoms with E-state index in [1.54, 1.807) is 13.8 Å². The van der Waals surface area contributed by atoms with Crippen LogP contribution < -0.4 is 26.6 Å². The summed E-state index contributed by atoms with van der Waals surface area (Å²) in [4.78, 5) is 97.3. The van der Waals surface area contributed by atoms with Gasteiger partial charge in [0.15, 0.2) is 0 Å². The van der Waals surface area contributed by atoms with E-state index >= 15 is 0 Å². The summed E-state index contributed by atoms with van der Waals surface area (Å²) in [5, 5.41) is 50.6. The minimum atomic E-state index is -1.61. The van der Waals surface area contributed by atoms with Crippen LogP contribution in [0.2, 0.25) is 0 Å². The topological polar surface area (TPSA) is 283 Å². The molecule has 264 valence electrons. The van der Waals surface area contributed by atoms with E-state index in [0.29, 0.717) is 5.56 Å². The monoisotopic (exact) mass is 686 g/mol. The second kappa shape index (κ2) is 18.3. The number of amides is 5. The number of carbonyl (C=O) groups is 7. The van der Waals surface area contributed by atoms with Gasteiger partial charge in [-0.2, -0.15) is 0 Å². The van der Waals surface area contributed by atoms with E-state index in [1.165, 1.54) is 43.3 Å². The standard InChI is InChI=1S/C31H38N6O12/c1-16(2)27(36-30(46)22(34-24(39)12-13-25(40)41)14-18-4-10-21(38)11-5-18)31(47)32-17(3)28(44)35-23(15-26(42)43)29(45)33-19-6-8-20(9-7-19)37(48)49/h4-11,16-17,22-23,27,38H,12-15H2,1-3H3,(H,32,47)(H,33,45)(H,34,39)(H,35,44)(H,36,46)(H,40,41)(H,42,43). The number of phenols is 1. The van der Waals surface area contributed by atoms with Crippen molar-refractivity contribution >= 4 is 52.8 Å². The van der Waals surface area contributed by atoms with Gasteiger partial charge in [0.2, 0.25) is 29.5 Å². The molecule has 8 N–H and O–H groups in total. The number of rotatable bonds is 18. The number of carbonyl (C=O) groups excluding carboxylic acids is 5. The summed E-state index contributed by atoms with van der Waals surface area (Å²) in [7, 11) is 0. The van der Waals surface area contributed by atoms with Crippen LogP contribution in [0.4, 0.5) is 11.4 Å². The predicted octanol–water partition coefficient (Wildman–Crippen LogP) is 0.436. The summed E-state index contributed by atoms with van der Waals surface area (Å²) in [5.74, 6) is -7.48. The molecule has 2 aromatic rings. The van der Waals surface area contributed by atoms with Gasteiger partial charge in [-0.25, -0.2) is 0 Å². The van der Waals surface area contributed by atoms with Gasteiger partial charge in [0, 0.05) is 30.7 Å². The quantitative estimate of drug-likeness (QED) is 0.0783. The lowest BCUT2D eigenvalue weighted by molar-refractivity contribution is -0.384. The van der Waals surface area contributed by atoms with Crippen molar-refractivity contribution in [2.24, 2.45) is 5.92 Å². The minimum absolute atomic E-state index is 0.0376. The smallest absolute Gasteiger partial charge is 0.305 e. The maximum absolute atomic E-state index is 13.4. The van der Waals surface area contributed by atoms with Crippen LogP contribution in [0.25, 0.3) is 0 Å². The van der Waals surface area contributed by atoms with Gasteiger partial charge >= 0.3 is 11.9 Å². The Kier molecular flexibility index (Phi) is 14.6. The van der Waals surface area contributed by atoms with Gasteiger partial charge in [-0.3, -0.25) is 43.7 Å². The van der Waals surface area contributed by atoms with E-state index in [9.17, 15) is 53.9 Å². The third-order valence-electron chi connectivity index (χ3n) is 6.95. The highest BCUT2D eigenvalue weighted by molar-refractivity contribution is 6.00. The molecule has 0 aliphatic rings. The molecule has 0 heterocycles. The Balaban J connectivity index is 2.13. The van der Waals surface area contributed by atoms with Crippen molar-refractivity contribution in [3.8, 4) is 5.75 Å². The molecule has 4 atom stereocenters. The SMILES string of the molecule is CC(NC(=O)C(NC(=O)C(Cc1ccc(O)cc1)NC(=O)CCC(=O)O)C(C)C)C(=O)NC(CC(=O)O)C(=O)Nc1ccc([N+](=O)[O-])cc1. The molecule has 2 rings (SSSR count). The summed E-state index contributed by atoms with van der Waals surface area (Å²) in [5.41, 5.74) is 0.377. The van der Waals surface area contributed by atoms with Crippen LogP contribution in [-0.4, -0.2) is 85.9 Å². The van der Waals surface area contributed by atoms with Crippen LogP contribution in [0.3, 0.4) is 0 Å². The molecule has 0 saturated heterocycles. The molecule has 0 saturated carbocycles. The lowest BCUT2D eigenvalue weighted by Crippen LogP contribution is -2.59. The van der Waals surface area contributed by atoms with Gasteiger partial charge in [-0.05, 0) is 42.7 Å². The van der Waals surface area contributed by atoms with Crippen molar-refractivity contribution in [2.75, 3.05) is 5.32 Å². The first kappa shape index (κ1) is 39.1. The van der Waals surface area contributed by atoms with E-state index in [2.05, 4.69) is 26.6 Å². The first-order valence-electron chi connectivity index (χ1n) is 14.9. The molecule has 0 aliphatic heterocycles. The van der Waals surface area contributed by atoms with E-state index in [1.807, 2.05) is 0 Å². The average molecular weight is 687 g/mol. The lowest BCUT2D eigenvalue weighted by Gasteiger charge is -2.27. The summed E-state index contributed by atoms with van der Waals surface area (Å²) in [6.45, 7) is 4.46. The van der Waals surface area contributed by atoms with E-state index in [4.69, 9.17) is 5.11 Å².